The zero-order valence-electron chi connectivity index (χ0n) is 15.1. The number of fused-ring (bicyclic) bond motifs is 1. The van der Waals surface area contributed by atoms with Crippen molar-refractivity contribution in [1.82, 2.24) is 0 Å². The van der Waals surface area contributed by atoms with Gasteiger partial charge in [-0.25, -0.2) is 4.79 Å². The van der Waals surface area contributed by atoms with Crippen molar-refractivity contribution in [3.63, 3.8) is 0 Å². The molecule has 0 aromatic heterocycles. The Hall–Kier alpha value is -1.84. The summed E-state index contributed by atoms with van der Waals surface area (Å²) in [5.74, 6) is -0.812. The van der Waals surface area contributed by atoms with E-state index < -0.39 is 0 Å². The van der Waals surface area contributed by atoms with Gasteiger partial charge >= 0.3 is 11.9 Å². The van der Waals surface area contributed by atoms with Crippen molar-refractivity contribution in [1.29, 1.82) is 0 Å². The van der Waals surface area contributed by atoms with Gasteiger partial charge in [-0.3, -0.25) is 4.79 Å². The topological polar surface area (TPSA) is 52.6 Å². The number of allylic oxidation sites excluding steroid dienone is 2. The molecule has 2 aliphatic rings. The van der Waals surface area contributed by atoms with Gasteiger partial charge in [-0.15, -0.1) is 0 Å². The Balaban J connectivity index is 2.26. The maximum atomic E-state index is 12.2. The molecule has 0 aromatic rings. The van der Waals surface area contributed by atoms with Crippen molar-refractivity contribution in [2.24, 2.45) is 11.8 Å². The lowest BCUT2D eigenvalue weighted by Gasteiger charge is -2.26. The van der Waals surface area contributed by atoms with Crippen molar-refractivity contribution in [2.75, 3.05) is 0 Å². The SMILES string of the molecule is C=C1C(=O)OC2C=C(C)CCC=C(C)C(OC(=O)C(C)CC)CC12. The van der Waals surface area contributed by atoms with E-state index in [0.29, 0.717) is 12.0 Å². The first-order chi connectivity index (χ1) is 11.3. The molecule has 0 aromatic carbocycles. The van der Waals surface area contributed by atoms with Crippen LogP contribution in [-0.4, -0.2) is 24.1 Å². The summed E-state index contributed by atoms with van der Waals surface area (Å²) in [6.07, 6.45) is 6.57. The Morgan fingerprint density at radius 3 is 2.83 bits per heavy atom. The van der Waals surface area contributed by atoms with E-state index in [2.05, 4.69) is 19.6 Å². The van der Waals surface area contributed by atoms with E-state index in [0.717, 1.165) is 24.8 Å². The van der Waals surface area contributed by atoms with Crippen molar-refractivity contribution in [2.45, 2.75) is 65.6 Å². The molecule has 0 saturated carbocycles. The normalized spacial score (nSPS) is 29.1. The Labute approximate surface area is 144 Å². The van der Waals surface area contributed by atoms with Crippen molar-refractivity contribution < 1.29 is 19.1 Å². The first-order valence-electron chi connectivity index (χ1n) is 8.77. The Morgan fingerprint density at radius 1 is 1.46 bits per heavy atom. The summed E-state index contributed by atoms with van der Waals surface area (Å²) in [5.41, 5.74) is 2.71. The van der Waals surface area contributed by atoms with E-state index in [-0.39, 0.29) is 36.0 Å². The van der Waals surface area contributed by atoms with Crippen LogP contribution in [0.1, 0.15) is 53.4 Å². The van der Waals surface area contributed by atoms with Gasteiger partial charge in [-0.2, -0.15) is 0 Å². The van der Waals surface area contributed by atoms with Gasteiger partial charge in [-0.1, -0.05) is 32.1 Å². The summed E-state index contributed by atoms with van der Waals surface area (Å²) in [7, 11) is 0. The maximum absolute atomic E-state index is 12.2. The summed E-state index contributed by atoms with van der Waals surface area (Å²) < 4.78 is 11.2. The minimum atomic E-state index is -0.345. The minimum Gasteiger partial charge on any atom is -0.458 e. The summed E-state index contributed by atoms with van der Waals surface area (Å²) in [6.45, 7) is 11.8. The van der Waals surface area contributed by atoms with Crippen LogP contribution in [0.25, 0.3) is 0 Å². The standard InChI is InChI=1S/C20H28O4/c1-6-13(3)19(21)23-17-11-16-15(5)20(22)24-18(16)10-12(2)8-7-9-14(17)4/h9-10,13,16-18H,5-8,11H2,1-4H3. The average molecular weight is 332 g/mol. The van der Waals surface area contributed by atoms with Crippen LogP contribution >= 0.6 is 0 Å². The lowest BCUT2D eigenvalue weighted by atomic mass is 9.86. The second kappa shape index (κ2) is 7.82. The molecule has 0 radical (unpaired) electrons. The lowest BCUT2D eigenvalue weighted by molar-refractivity contribution is -0.152. The molecule has 1 saturated heterocycles. The molecule has 4 heteroatoms. The van der Waals surface area contributed by atoms with Crippen LogP contribution in [0.4, 0.5) is 0 Å². The van der Waals surface area contributed by atoms with Crippen molar-refractivity contribution in [3.05, 3.63) is 35.5 Å². The number of carbonyl (C=O) groups is 2. The highest BCUT2D eigenvalue weighted by Crippen LogP contribution is 2.35. The van der Waals surface area contributed by atoms with E-state index >= 15 is 0 Å². The van der Waals surface area contributed by atoms with Gasteiger partial charge in [0.2, 0.25) is 0 Å². The Morgan fingerprint density at radius 2 is 2.17 bits per heavy atom. The molecule has 1 fully saturated rings. The van der Waals surface area contributed by atoms with Gasteiger partial charge in [0.25, 0.3) is 0 Å². The monoisotopic (exact) mass is 332 g/mol. The molecule has 4 unspecified atom stereocenters. The second-order valence-corrected chi connectivity index (χ2v) is 6.97. The van der Waals surface area contributed by atoms with E-state index in [1.54, 1.807) is 0 Å². The summed E-state index contributed by atoms with van der Waals surface area (Å²) >= 11 is 0. The number of hydrogen-bond donors (Lipinski definition) is 0. The number of rotatable bonds is 3. The first kappa shape index (κ1) is 18.5. The molecule has 2 rings (SSSR count). The van der Waals surface area contributed by atoms with E-state index in [1.807, 2.05) is 26.8 Å². The zero-order chi connectivity index (χ0) is 17.9. The van der Waals surface area contributed by atoms with Gasteiger partial charge in [0.15, 0.2) is 0 Å². The van der Waals surface area contributed by atoms with Crippen LogP contribution in [0, 0.1) is 11.8 Å². The highest BCUT2D eigenvalue weighted by Gasteiger charge is 2.40. The van der Waals surface area contributed by atoms with Gasteiger partial charge in [-0.05, 0) is 51.2 Å². The van der Waals surface area contributed by atoms with Gasteiger partial charge in [0.05, 0.1) is 5.92 Å². The predicted octanol–water partition coefficient (Wildman–Crippen LogP) is 4.12. The third kappa shape index (κ3) is 4.16. The molecule has 1 heterocycles. The molecule has 0 bridgehead atoms. The number of esters is 2. The number of carbonyl (C=O) groups excluding carboxylic acids is 2. The number of ether oxygens (including phenoxy) is 2. The van der Waals surface area contributed by atoms with Crippen molar-refractivity contribution >= 4 is 11.9 Å². The highest BCUT2D eigenvalue weighted by atomic mass is 16.6. The Bertz CT molecular complexity index is 584. The fraction of sp³-hybridized carbons (Fsp3) is 0.600. The summed E-state index contributed by atoms with van der Waals surface area (Å²) in [6, 6.07) is 0. The fourth-order valence-corrected chi connectivity index (χ4v) is 3.06. The third-order valence-electron chi connectivity index (χ3n) is 5.05. The van der Waals surface area contributed by atoms with Gasteiger partial charge < -0.3 is 9.47 Å². The molecule has 4 nitrogen and oxygen atoms in total. The molecule has 1 aliphatic carbocycles. The zero-order valence-corrected chi connectivity index (χ0v) is 15.1. The minimum absolute atomic E-state index is 0.129. The summed E-state index contributed by atoms with van der Waals surface area (Å²) in [4.78, 5) is 24.2. The van der Waals surface area contributed by atoms with E-state index in [1.165, 1.54) is 5.57 Å². The van der Waals surface area contributed by atoms with Crippen LogP contribution in [0.3, 0.4) is 0 Å². The molecule has 0 amide bonds. The van der Waals surface area contributed by atoms with Crippen LogP contribution in [0.5, 0.6) is 0 Å². The smallest absolute Gasteiger partial charge is 0.334 e. The molecule has 0 spiro atoms. The van der Waals surface area contributed by atoms with Gasteiger partial charge in [0.1, 0.15) is 12.2 Å². The largest absolute Gasteiger partial charge is 0.458 e. The van der Waals surface area contributed by atoms with E-state index in [4.69, 9.17) is 9.47 Å². The molecular formula is C20H28O4. The molecule has 132 valence electrons. The summed E-state index contributed by atoms with van der Waals surface area (Å²) in [5, 5.41) is 0. The predicted molar refractivity (Wildman–Crippen MR) is 93.2 cm³/mol. The maximum Gasteiger partial charge on any atom is 0.334 e. The number of hydrogen-bond acceptors (Lipinski definition) is 4. The fourth-order valence-electron chi connectivity index (χ4n) is 3.06. The van der Waals surface area contributed by atoms with Crippen LogP contribution in [-0.2, 0) is 19.1 Å². The Kier molecular flexibility index (Phi) is 6.03. The van der Waals surface area contributed by atoms with E-state index in [9.17, 15) is 9.59 Å². The molecule has 24 heavy (non-hydrogen) atoms. The van der Waals surface area contributed by atoms with Crippen LogP contribution < -0.4 is 0 Å². The van der Waals surface area contributed by atoms with Crippen molar-refractivity contribution in [3.8, 4) is 0 Å². The first-order valence-corrected chi connectivity index (χ1v) is 8.77. The van der Waals surface area contributed by atoms with Crippen LogP contribution in [0.15, 0.2) is 35.5 Å². The van der Waals surface area contributed by atoms with Crippen LogP contribution in [0.2, 0.25) is 0 Å². The average Bonchev–Trinajstić information content (AvgIpc) is 2.79. The highest BCUT2D eigenvalue weighted by molar-refractivity contribution is 5.91. The van der Waals surface area contributed by atoms with Gasteiger partial charge in [0, 0.05) is 11.5 Å². The molecular weight excluding hydrogens is 304 g/mol. The lowest BCUT2D eigenvalue weighted by Crippen LogP contribution is -2.29. The molecule has 0 N–H and O–H groups in total. The quantitative estimate of drug-likeness (QED) is 0.443. The molecule has 1 aliphatic heterocycles. The second-order valence-electron chi connectivity index (χ2n) is 6.97. The molecule has 4 atom stereocenters. The third-order valence-corrected chi connectivity index (χ3v) is 5.05.